The molecular weight excluding hydrogens is 290 g/mol. The first-order chi connectivity index (χ1) is 9.61. The maximum atomic E-state index is 12.5. The molecule has 0 bridgehead atoms. The summed E-state index contributed by atoms with van der Waals surface area (Å²) >= 11 is 0. The number of hydrogen-bond acceptors (Lipinski definition) is 4. The summed E-state index contributed by atoms with van der Waals surface area (Å²) in [7, 11) is -2.16. The molecule has 0 heterocycles. The van der Waals surface area contributed by atoms with E-state index in [9.17, 15) is 13.2 Å². The fourth-order valence-electron chi connectivity index (χ4n) is 1.98. The number of amides is 1. The molecule has 0 aliphatic rings. The first-order valence-corrected chi connectivity index (χ1v) is 8.20. The summed E-state index contributed by atoms with van der Waals surface area (Å²) in [5, 5.41) is 0. The highest BCUT2D eigenvalue weighted by Crippen LogP contribution is 2.27. The zero-order chi connectivity index (χ0) is 16.4. The van der Waals surface area contributed by atoms with Crippen LogP contribution in [0.15, 0.2) is 11.0 Å². The number of nitrogens with two attached hydrogens (primary N) is 1. The second kappa shape index (κ2) is 6.44. The van der Waals surface area contributed by atoms with Crippen molar-refractivity contribution in [1.82, 2.24) is 9.62 Å². The molecule has 3 N–H and O–H groups in total. The number of benzene rings is 1. The van der Waals surface area contributed by atoms with Crippen molar-refractivity contribution in [1.29, 1.82) is 0 Å². The van der Waals surface area contributed by atoms with Crippen molar-refractivity contribution in [3.8, 4) is 0 Å². The smallest absolute Gasteiger partial charge is 0.241 e. The Bertz CT molecular complexity index is 628. The van der Waals surface area contributed by atoms with Crippen molar-refractivity contribution < 1.29 is 13.2 Å². The standard InChI is InChI=1S/C14H23N3O3S/c1-6-17(5)13(18)8-16-21(19,20)14-10(3)9(2)7-12(15)11(14)4/h7,16H,6,8,15H2,1-5H3. The molecule has 1 aromatic rings. The minimum Gasteiger partial charge on any atom is -0.398 e. The molecule has 0 spiro atoms. The average molecular weight is 313 g/mol. The van der Waals surface area contributed by atoms with Gasteiger partial charge in [0.2, 0.25) is 15.9 Å². The number of rotatable bonds is 5. The van der Waals surface area contributed by atoms with E-state index in [4.69, 9.17) is 5.73 Å². The minimum atomic E-state index is -3.78. The number of nitrogens with one attached hydrogen (secondary N) is 1. The highest BCUT2D eigenvalue weighted by atomic mass is 32.2. The van der Waals surface area contributed by atoms with E-state index in [0.717, 1.165) is 5.56 Å². The van der Waals surface area contributed by atoms with Gasteiger partial charge in [0.05, 0.1) is 11.4 Å². The SMILES string of the molecule is CCN(C)C(=O)CNS(=O)(=O)c1c(C)c(C)cc(N)c1C. The number of anilines is 1. The summed E-state index contributed by atoms with van der Waals surface area (Å²) in [6.07, 6.45) is 0. The molecule has 0 saturated heterocycles. The fraction of sp³-hybridized carbons (Fsp3) is 0.500. The van der Waals surface area contributed by atoms with Crippen LogP contribution < -0.4 is 10.5 Å². The molecule has 1 rings (SSSR count). The molecule has 0 aromatic heterocycles. The predicted molar refractivity (Wildman–Crippen MR) is 83.6 cm³/mol. The second-order valence-electron chi connectivity index (χ2n) is 5.09. The monoisotopic (exact) mass is 313 g/mol. The van der Waals surface area contributed by atoms with Crippen LogP contribution >= 0.6 is 0 Å². The van der Waals surface area contributed by atoms with Crippen LogP contribution in [0.3, 0.4) is 0 Å². The van der Waals surface area contributed by atoms with Gasteiger partial charge in [0.25, 0.3) is 0 Å². The molecule has 0 unspecified atom stereocenters. The van der Waals surface area contributed by atoms with Crippen molar-refractivity contribution in [3.05, 3.63) is 22.8 Å². The third-order valence-electron chi connectivity index (χ3n) is 3.66. The number of carbonyl (C=O) groups is 1. The zero-order valence-corrected chi connectivity index (χ0v) is 14.0. The Morgan fingerprint density at radius 2 is 1.86 bits per heavy atom. The van der Waals surface area contributed by atoms with E-state index in [2.05, 4.69) is 4.72 Å². The van der Waals surface area contributed by atoms with E-state index in [1.54, 1.807) is 33.9 Å². The molecule has 0 radical (unpaired) electrons. The average Bonchev–Trinajstić information content (AvgIpc) is 2.41. The first-order valence-electron chi connectivity index (χ1n) is 6.71. The lowest BCUT2D eigenvalue weighted by atomic mass is 10.1. The van der Waals surface area contributed by atoms with Gasteiger partial charge in [-0.15, -0.1) is 0 Å². The lowest BCUT2D eigenvalue weighted by Crippen LogP contribution is -2.38. The number of aryl methyl sites for hydroxylation is 1. The van der Waals surface area contributed by atoms with Gasteiger partial charge >= 0.3 is 0 Å². The molecule has 6 nitrogen and oxygen atoms in total. The van der Waals surface area contributed by atoms with Crippen molar-refractivity contribution in [2.24, 2.45) is 0 Å². The largest absolute Gasteiger partial charge is 0.398 e. The number of hydrogen-bond donors (Lipinski definition) is 2. The molecular formula is C14H23N3O3S. The topological polar surface area (TPSA) is 92.5 Å². The fourth-order valence-corrected chi connectivity index (χ4v) is 3.53. The van der Waals surface area contributed by atoms with Crippen LogP contribution in [0, 0.1) is 20.8 Å². The Morgan fingerprint density at radius 3 is 2.38 bits per heavy atom. The van der Waals surface area contributed by atoms with Crippen molar-refractivity contribution in [2.45, 2.75) is 32.6 Å². The van der Waals surface area contributed by atoms with Crippen LogP contribution in [0.25, 0.3) is 0 Å². The second-order valence-corrected chi connectivity index (χ2v) is 6.80. The first kappa shape index (κ1) is 17.5. The Labute approximate surface area is 126 Å². The van der Waals surface area contributed by atoms with Gasteiger partial charge in [-0.05, 0) is 50.5 Å². The van der Waals surface area contributed by atoms with Gasteiger partial charge < -0.3 is 10.6 Å². The summed E-state index contributed by atoms with van der Waals surface area (Å²) in [5.41, 5.74) is 8.22. The van der Waals surface area contributed by atoms with Crippen LogP contribution in [0.2, 0.25) is 0 Å². The molecule has 21 heavy (non-hydrogen) atoms. The summed E-state index contributed by atoms with van der Waals surface area (Å²) in [5.74, 6) is -0.281. The number of sulfonamides is 1. The van der Waals surface area contributed by atoms with Crippen LogP contribution in [-0.4, -0.2) is 39.4 Å². The van der Waals surface area contributed by atoms with E-state index in [-0.39, 0.29) is 17.3 Å². The predicted octanol–water partition coefficient (Wildman–Crippen LogP) is 0.951. The molecule has 0 aliphatic heterocycles. The maximum Gasteiger partial charge on any atom is 0.241 e. The molecule has 0 aliphatic carbocycles. The van der Waals surface area contributed by atoms with Crippen molar-refractivity contribution in [3.63, 3.8) is 0 Å². The van der Waals surface area contributed by atoms with E-state index < -0.39 is 10.0 Å². The number of nitrogen functional groups attached to an aromatic ring is 1. The quantitative estimate of drug-likeness (QED) is 0.792. The minimum absolute atomic E-state index is 0.159. The van der Waals surface area contributed by atoms with Gasteiger partial charge in [-0.1, -0.05) is 0 Å². The van der Waals surface area contributed by atoms with E-state index in [0.29, 0.717) is 23.4 Å². The van der Waals surface area contributed by atoms with E-state index >= 15 is 0 Å². The van der Waals surface area contributed by atoms with Gasteiger partial charge in [-0.2, -0.15) is 0 Å². The molecule has 0 atom stereocenters. The van der Waals surface area contributed by atoms with Crippen molar-refractivity contribution in [2.75, 3.05) is 25.9 Å². The van der Waals surface area contributed by atoms with Crippen LogP contribution in [0.5, 0.6) is 0 Å². The van der Waals surface area contributed by atoms with Crippen LogP contribution in [-0.2, 0) is 14.8 Å². The molecule has 118 valence electrons. The van der Waals surface area contributed by atoms with Crippen LogP contribution in [0.1, 0.15) is 23.6 Å². The molecule has 1 amide bonds. The van der Waals surface area contributed by atoms with Gasteiger partial charge in [0, 0.05) is 19.3 Å². The highest BCUT2D eigenvalue weighted by molar-refractivity contribution is 7.89. The Morgan fingerprint density at radius 1 is 1.29 bits per heavy atom. The summed E-state index contributed by atoms with van der Waals surface area (Å²) in [6, 6.07) is 1.75. The van der Waals surface area contributed by atoms with E-state index in [1.807, 2.05) is 6.92 Å². The van der Waals surface area contributed by atoms with Gasteiger partial charge in [0.15, 0.2) is 0 Å². The van der Waals surface area contributed by atoms with Gasteiger partial charge in [-0.3, -0.25) is 4.79 Å². The Balaban J connectivity index is 3.13. The number of nitrogens with zero attached hydrogens (tertiary/aromatic N) is 1. The molecule has 0 saturated carbocycles. The highest BCUT2D eigenvalue weighted by Gasteiger charge is 2.23. The lowest BCUT2D eigenvalue weighted by Gasteiger charge is -2.18. The normalized spacial score (nSPS) is 11.5. The number of carbonyl (C=O) groups excluding carboxylic acids is 1. The Hall–Kier alpha value is -1.60. The van der Waals surface area contributed by atoms with Gasteiger partial charge in [0.1, 0.15) is 0 Å². The third-order valence-corrected chi connectivity index (χ3v) is 5.33. The van der Waals surface area contributed by atoms with Gasteiger partial charge in [-0.25, -0.2) is 13.1 Å². The molecule has 0 fully saturated rings. The molecule has 7 heteroatoms. The third kappa shape index (κ3) is 3.74. The van der Waals surface area contributed by atoms with E-state index in [1.165, 1.54) is 4.90 Å². The summed E-state index contributed by atoms with van der Waals surface area (Å²) in [4.78, 5) is 13.3. The summed E-state index contributed by atoms with van der Waals surface area (Å²) < 4.78 is 27.3. The lowest BCUT2D eigenvalue weighted by molar-refractivity contribution is -0.128. The molecule has 1 aromatic carbocycles. The van der Waals surface area contributed by atoms with Crippen LogP contribution in [0.4, 0.5) is 5.69 Å². The Kier molecular flexibility index (Phi) is 5.36. The number of likely N-dealkylation sites (N-methyl/N-ethyl adjacent to an activating group) is 1. The summed E-state index contributed by atoms with van der Waals surface area (Å²) in [6.45, 7) is 7.28. The van der Waals surface area contributed by atoms with Crippen molar-refractivity contribution >= 4 is 21.6 Å². The maximum absolute atomic E-state index is 12.5. The zero-order valence-electron chi connectivity index (χ0n) is 13.1.